The van der Waals surface area contributed by atoms with E-state index >= 15 is 0 Å². The van der Waals surface area contributed by atoms with Crippen molar-refractivity contribution in [3.63, 3.8) is 0 Å². The maximum atomic E-state index is 11.2. The highest BCUT2D eigenvalue weighted by Gasteiger charge is 2.13. The molecule has 0 radical (unpaired) electrons. The van der Waals surface area contributed by atoms with Gasteiger partial charge < -0.3 is 4.74 Å². The third-order valence-corrected chi connectivity index (χ3v) is 2.78. The van der Waals surface area contributed by atoms with Crippen LogP contribution < -0.4 is 0 Å². The fourth-order valence-electron chi connectivity index (χ4n) is 1.26. The number of benzene rings is 1. The smallest absolute Gasteiger partial charge is 0.308 e. The van der Waals surface area contributed by atoms with Gasteiger partial charge in [-0.25, -0.2) is 0 Å². The fourth-order valence-corrected chi connectivity index (χ4v) is 1.62. The van der Waals surface area contributed by atoms with E-state index < -0.39 is 0 Å². The van der Waals surface area contributed by atoms with Gasteiger partial charge in [-0.2, -0.15) is 0 Å². The van der Waals surface area contributed by atoms with Gasteiger partial charge in [0.05, 0.1) is 13.0 Å². The number of hydrogen-bond acceptors (Lipinski definition) is 2. The number of halogens is 1. The average molecular weight is 304 g/mol. The summed E-state index contributed by atoms with van der Waals surface area (Å²) in [6.07, 6.45) is 0.740. The van der Waals surface area contributed by atoms with E-state index in [2.05, 4.69) is 27.3 Å². The molecule has 14 heavy (non-hydrogen) atoms. The number of methoxy groups -OCH3 is 1. The molecular formula is C11H13IO2. The molecule has 0 amide bonds. The summed E-state index contributed by atoms with van der Waals surface area (Å²) < 4.78 is 5.87. The van der Waals surface area contributed by atoms with Gasteiger partial charge in [0, 0.05) is 3.57 Å². The van der Waals surface area contributed by atoms with Crippen molar-refractivity contribution < 1.29 is 9.53 Å². The maximum Gasteiger partial charge on any atom is 0.308 e. The van der Waals surface area contributed by atoms with Crippen LogP contribution in [0.1, 0.15) is 12.5 Å². The normalized spacial score (nSPS) is 12.2. The summed E-state index contributed by atoms with van der Waals surface area (Å²) in [5.74, 6) is -0.219. The highest BCUT2D eigenvalue weighted by molar-refractivity contribution is 14.1. The molecule has 0 bridgehead atoms. The van der Waals surface area contributed by atoms with E-state index in [0.29, 0.717) is 0 Å². The quantitative estimate of drug-likeness (QED) is 0.634. The first-order chi connectivity index (χ1) is 6.63. The van der Waals surface area contributed by atoms with Crippen LogP contribution >= 0.6 is 22.6 Å². The predicted molar refractivity (Wildman–Crippen MR) is 64.0 cm³/mol. The number of esters is 1. The summed E-state index contributed by atoms with van der Waals surface area (Å²) in [4.78, 5) is 11.2. The van der Waals surface area contributed by atoms with Crippen LogP contribution in [-0.4, -0.2) is 13.1 Å². The van der Waals surface area contributed by atoms with Gasteiger partial charge in [-0.15, -0.1) is 0 Å². The first-order valence-electron chi connectivity index (χ1n) is 4.45. The Bertz CT molecular complexity index is 306. The topological polar surface area (TPSA) is 26.3 Å². The third kappa shape index (κ3) is 3.29. The lowest BCUT2D eigenvalue weighted by Crippen LogP contribution is -2.14. The minimum atomic E-state index is -0.149. The lowest BCUT2D eigenvalue weighted by molar-refractivity contribution is -0.144. The largest absolute Gasteiger partial charge is 0.469 e. The molecule has 1 atom stereocenters. The van der Waals surface area contributed by atoms with E-state index in [1.807, 2.05) is 31.2 Å². The first-order valence-corrected chi connectivity index (χ1v) is 5.53. The van der Waals surface area contributed by atoms with Gasteiger partial charge in [0.2, 0.25) is 0 Å². The van der Waals surface area contributed by atoms with Crippen molar-refractivity contribution in [1.29, 1.82) is 0 Å². The predicted octanol–water partition coefficient (Wildman–Crippen LogP) is 2.64. The Morgan fingerprint density at radius 3 is 2.50 bits per heavy atom. The van der Waals surface area contributed by atoms with Crippen molar-refractivity contribution in [2.45, 2.75) is 13.3 Å². The van der Waals surface area contributed by atoms with Crippen LogP contribution in [0, 0.1) is 9.49 Å². The summed E-state index contributed by atoms with van der Waals surface area (Å²) in [6.45, 7) is 1.88. The van der Waals surface area contributed by atoms with E-state index in [0.717, 1.165) is 6.42 Å². The van der Waals surface area contributed by atoms with Gasteiger partial charge >= 0.3 is 5.97 Å². The van der Waals surface area contributed by atoms with Crippen LogP contribution in [0.3, 0.4) is 0 Å². The SMILES string of the molecule is COC(=O)C(C)Cc1ccc(I)cc1. The van der Waals surface area contributed by atoms with Gasteiger partial charge in [-0.3, -0.25) is 4.79 Å². The Labute approximate surface area is 97.8 Å². The molecule has 0 N–H and O–H groups in total. The van der Waals surface area contributed by atoms with Gasteiger partial charge in [-0.1, -0.05) is 19.1 Å². The molecule has 0 fully saturated rings. The van der Waals surface area contributed by atoms with E-state index in [4.69, 9.17) is 0 Å². The lowest BCUT2D eigenvalue weighted by atomic mass is 10.0. The van der Waals surface area contributed by atoms with Crippen LogP contribution in [0.15, 0.2) is 24.3 Å². The molecule has 76 valence electrons. The number of rotatable bonds is 3. The zero-order valence-electron chi connectivity index (χ0n) is 8.29. The second-order valence-corrected chi connectivity index (χ2v) is 4.50. The lowest BCUT2D eigenvalue weighted by Gasteiger charge is -2.08. The second-order valence-electron chi connectivity index (χ2n) is 3.25. The van der Waals surface area contributed by atoms with Gasteiger partial charge in [0.15, 0.2) is 0 Å². The van der Waals surface area contributed by atoms with Crippen LogP contribution in [0.2, 0.25) is 0 Å². The Morgan fingerprint density at radius 2 is 2.00 bits per heavy atom. The molecule has 0 spiro atoms. The van der Waals surface area contributed by atoms with Crippen LogP contribution in [0.5, 0.6) is 0 Å². The van der Waals surface area contributed by atoms with Crippen molar-refractivity contribution in [1.82, 2.24) is 0 Å². The highest BCUT2D eigenvalue weighted by atomic mass is 127. The number of carbonyl (C=O) groups excluding carboxylic acids is 1. The highest BCUT2D eigenvalue weighted by Crippen LogP contribution is 2.12. The Kier molecular flexibility index (Phi) is 4.38. The molecule has 3 heteroatoms. The summed E-state index contributed by atoms with van der Waals surface area (Å²) in [5, 5.41) is 0. The maximum absolute atomic E-state index is 11.2. The van der Waals surface area contributed by atoms with Crippen LogP contribution in [0.25, 0.3) is 0 Å². The average Bonchev–Trinajstić information content (AvgIpc) is 2.20. The number of hydrogen-bond donors (Lipinski definition) is 0. The second kappa shape index (κ2) is 5.34. The van der Waals surface area contributed by atoms with Crippen LogP contribution in [0.4, 0.5) is 0 Å². The molecule has 0 aliphatic heterocycles. The van der Waals surface area contributed by atoms with Gasteiger partial charge in [-0.05, 0) is 46.7 Å². The Hall–Kier alpha value is -0.580. The molecule has 0 heterocycles. The van der Waals surface area contributed by atoms with Crippen molar-refractivity contribution in [2.24, 2.45) is 5.92 Å². The minimum Gasteiger partial charge on any atom is -0.469 e. The number of carbonyl (C=O) groups is 1. The Morgan fingerprint density at radius 1 is 1.43 bits per heavy atom. The molecule has 0 saturated carbocycles. The third-order valence-electron chi connectivity index (χ3n) is 2.06. The molecule has 1 unspecified atom stereocenters. The summed E-state index contributed by atoms with van der Waals surface area (Å²) in [5.41, 5.74) is 1.17. The summed E-state index contributed by atoms with van der Waals surface area (Å²) in [6, 6.07) is 8.17. The summed E-state index contributed by atoms with van der Waals surface area (Å²) >= 11 is 2.26. The zero-order chi connectivity index (χ0) is 10.6. The summed E-state index contributed by atoms with van der Waals surface area (Å²) in [7, 11) is 1.42. The fraction of sp³-hybridized carbons (Fsp3) is 0.364. The molecule has 0 aliphatic carbocycles. The Balaban J connectivity index is 2.60. The molecular weight excluding hydrogens is 291 g/mol. The van der Waals surface area contributed by atoms with Crippen molar-refractivity contribution in [3.05, 3.63) is 33.4 Å². The molecule has 0 aromatic heterocycles. The molecule has 2 nitrogen and oxygen atoms in total. The monoisotopic (exact) mass is 304 g/mol. The van der Waals surface area contributed by atoms with E-state index in [1.54, 1.807) is 0 Å². The van der Waals surface area contributed by atoms with E-state index in [9.17, 15) is 4.79 Å². The first kappa shape index (κ1) is 11.5. The molecule has 1 rings (SSSR count). The molecule has 1 aromatic rings. The van der Waals surface area contributed by atoms with E-state index in [1.165, 1.54) is 16.2 Å². The number of ether oxygens (including phenoxy) is 1. The zero-order valence-corrected chi connectivity index (χ0v) is 10.4. The molecule has 0 saturated heterocycles. The van der Waals surface area contributed by atoms with E-state index in [-0.39, 0.29) is 11.9 Å². The molecule has 1 aromatic carbocycles. The molecule has 0 aliphatic rings. The van der Waals surface area contributed by atoms with Gasteiger partial charge in [0.1, 0.15) is 0 Å². The minimum absolute atomic E-state index is 0.0694. The van der Waals surface area contributed by atoms with Gasteiger partial charge in [0.25, 0.3) is 0 Å². The van der Waals surface area contributed by atoms with Crippen molar-refractivity contribution in [3.8, 4) is 0 Å². The van der Waals surface area contributed by atoms with Crippen molar-refractivity contribution in [2.75, 3.05) is 7.11 Å². The van der Waals surface area contributed by atoms with Crippen molar-refractivity contribution >= 4 is 28.6 Å². The standard InChI is InChI=1S/C11H13IO2/c1-8(11(13)14-2)7-9-3-5-10(12)6-4-9/h3-6,8H,7H2,1-2H3. The van der Waals surface area contributed by atoms with Crippen LogP contribution in [-0.2, 0) is 16.0 Å².